The number of carbonyl (C=O) groups is 1. The van der Waals surface area contributed by atoms with Crippen LogP contribution in [0.1, 0.15) is 16.1 Å². The molecule has 18 heavy (non-hydrogen) atoms. The largest absolute Gasteiger partial charge is 0.321 e. The van der Waals surface area contributed by atoms with Gasteiger partial charge in [-0.25, -0.2) is 0 Å². The number of hydrogen-bond donors (Lipinski definition) is 2. The van der Waals surface area contributed by atoms with Crippen molar-refractivity contribution in [1.29, 1.82) is 0 Å². The lowest BCUT2D eigenvalue weighted by Crippen LogP contribution is -2.13. The highest BCUT2D eigenvalue weighted by molar-refractivity contribution is 6.02. The van der Waals surface area contributed by atoms with Gasteiger partial charge >= 0.3 is 0 Å². The Morgan fingerprint density at radius 2 is 2.00 bits per heavy atom. The molecule has 1 aromatic carbocycles. The van der Waals surface area contributed by atoms with Crippen LogP contribution in [0.5, 0.6) is 0 Å². The number of nitrogens with zero attached hydrogens (tertiary/aromatic N) is 2. The first-order valence-electron chi connectivity index (χ1n) is 5.73. The summed E-state index contributed by atoms with van der Waals surface area (Å²) in [7, 11) is 3.68. The fraction of sp³-hybridized carbons (Fsp3) is 0.231. The van der Waals surface area contributed by atoms with Crippen molar-refractivity contribution in [2.24, 2.45) is 7.05 Å². The van der Waals surface area contributed by atoms with Crippen molar-refractivity contribution in [3.05, 3.63) is 47.8 Å². The van der Waals surface area contributed by atoms with Crippen LogP contribution >= 0.6 is 0 Å². The van der Waals surface area contributed by atoms with Crippen LogP contribution in [0.4, 0.5) is 5.69 Å². The van der Waals surface area contributed by atoms with Crippen molar-refractivity contribution in [1.82, 2.24) is 15.1 Å². The Labute approximate surface area is 106 Å². The number of aromatic nitrogens is 2. The van der Waals surface area contributed by atoms with Crippen molar-refractivity contribution >= 4 is 11.6 Å². The average molecular weight is 244 g/mol. The molecule has 0 saturated heterocycles. The maximum absolute atomic E-state index is 11.8. The predicted molar refractivity (Wildman–Crippen MR) is 70.4 cm³/mol. The van der Waals surface area contributed by atoms with Gasteiger partial charge in [-0.3, -0.25) is 9.48 Å². The second kappa shape index (κ2) is 5.46. The van der Waals surface area contributed by atoms with Gasteiger partial charge in [0.05, 0.1) is 0 Å². The third-order valence-electron chi connectivity index (χ3n) is 2.54. The summed E-state index contributed by atoms with van der Waals surface area (Å²) in [4.78, 5) is 11.8. The highest BCUT2D eigenvalue weighted by atomic mass is 16.1. The molecular formula is C13H16N4O. The molecule has 1 amide bonds. The van der Waals surface area contributed by atoms with Crippen molar-refractivity contribution < 1.29 is 4.79 Å². The van der Waals surface area contributed by atoms with Gasteiger partial charge in [-0.2, -0.15) is 5.10 Å². The topological polar surface area (TPSA) is 58.9 Å². The monoisotopic (exact) mass is 244 g/mol. The third-order valence-corrected chi connectivity index (χ3v) is 2.54. The van der Waals surface area contributed by atoms with Gasteiger partial charge in [-0.1, -0.05) is 12.1 Å². The molecule has 94 valence electrons. The van der Waals surface area contributed by atoms with Gasteiger partial charge in [0.2, 0.25) is 0 Å². The number of carbonyl (C=O) groups excluding carboxylic acids is 1. The minimum atomic E-state index is -0.197. The van der Waals surface area contributed by atoms with Crippen LogP contribution < -0.4 is 10.6 Å². The molecule has 5 nitrogen and oxygen atoms in total. The number of nitrogens with one attached hydrogen (secondary N) is 2. The SMILES string of the molecule is CNCc1ccc(NC(=O)c2ccn(C)n2)cc1. The molecule has 0 fully saturated rings. The highest BCUT2D eigenvalue weighted by Crippen LogP contribution is 2.10. The molecule has 0 radical (unpaired) electrons. The van der Waals surface area contributed by atoms with E-state index in [9.17, 15) is 4.79 Å². The Bertz CT molecular complexity index is 530. The van der Waals surface area contributed by atoms with Crippen LogP contribution in [-0.4, -0.2) is 22.7 Å². The van der Waals surface area contributed by atoms with Gasteiger partial charge in [-0.05, 0) is 30.8 Å². The first kappa shape index (κ1) is 12.3. The summed E-state index contributed by atoms with van der Waals surface area (Å²) in [5.41, 5.74) is 2.36. The van der Waals surface area contributed by atoms with Gasteiger partial charge in [0.25, 0.3) is 5.91 Å². The predicted octanol–water partition coefficient (Wildman–Crippen LogP) is 1.39. The zero-order chi connectivity index (χ0) is 13.0. The van der Waals surface area contributed by atoms with E-state index in [1.54, 1.807) is 24.0 Å². The van der Waals surface area contributed by atoms with Crippen molar-refractivity contribution in [3.8, 4) is 0 Å². The normalized spacial score (nSPS) is 10.3. The van der Waals surface area contributed by atoms with Gasteiger partial charge in [0, 0.05) is 25.5 Å². The molecule has 0 spiro atoms. The van der Waals surface area contributed by atoms with E-state index in [-0.39, 0.29) is 5.91 Å². The smallest absolute Gasteiger partial charge is 0.276 e. The molecule has 1 heterocycles. The fourth-order valence-electron chi connectivity index (χ4n) is 1.64. The molecule has 2 rings (SSSR count). The molecule has 0 saturated carbocycles. The molecule has 1 aromatic heterocycles. The Morgan fingerprint density at radius 1 is 1.28 bits per heavy atom. The fourth-order valence-corrected chi connectivity index (χ4v) is 1.64. The number of amides is 1. The zero-order valence-corrected chi connectivity index (χ0v) is 10.5. The van der Waals surface area contributed by atoms with Crippen LogP contribution in [-0.2, 0) is 13.6 Å². The number of anilines is 1. The molecule has 0 unspecified atom stereocenters. The van der Waals surface area contributed by atoms with Gasteiger partial charge in [0.15, 0.2) is 5.69 Å². The summed E-state index contributed by atoms with van der Waals surface area (Å²) in [5.74, 6) is -0.197. The standard InChI is InChI=1S/C13H16N4O/c1-14-9-10-3-5-11(6-4-10)15-13(18)12-7-8-17(2)16-12/h3-8,14H,9H2,1-2H3,(H,15,18). The number of aryl methyl sites for hydroxylation is 1. The molecule has 0 aliphatic heterocycles. The maximum Gasteiger partial charge on any atom is 0.276 e. The molecule has 0 atom stereocenters. The quantitative estimate of drug-likeness (QED) is 0.854. The van der Waals surface area contributed by atoms with E-state index in [2.05, 4.69) is 15.7 Å². The second-order valence-corrected chi connectivity index (χ2v) is 4.06. The Morgan fingerprint density at radius 3 is 2.56 bits per heavy atom. The van der Waals surface area contributed by atoms with Crippen LogP contribution in [0.2, 0.25) is 0 Å². The number of rotatable bonds is 4. The van der Waals surface area contributed by atoms with E-state index in [0.29, 0.717) is 5.69 Å². The van der Waals surface area contributed by atoms with Crippen LogP contribution in [0, 0.1) is 0 Å². The van der Waals surface area contributed by atoms with Gasteiger partial charge in [-0.15, -0.1) is 0 Å². The van der Waals surface area contributed by atoms with E-state index in [1.807, 2.05) is 31.3 Å². The van der Waals surface area contributed by atoms with Crippen LogP contribution in [0.15, 0.2) is 36.5 Å². The maximum atomic E-state index is 11.8. The van der Waals surface area contributed by atoms with Crippen molar-refractivity contribution in [3.63, 3.8) is 0 Å². The Kier molecular flexibility index (Phi) is 3.74. The first-order valence-corrected chi connectivity index (χ1v) is 5.73. The highest BCUT2D eigenvalue weighted by Gasteiger charge is 2.08. The minimum absolute atomic E-state index is 0.197. The molecule has 2 N–H and O–H groups in total. The lowest BCUT2D eigenvalue weighted by molar-refractivity contribution is 0.102. The van der Waals surface area contributed by atoms with Crippen molar-refractivity contribution in [2.75, 3.05) is 12.4 Å². The Hall–Kier alpha value is -2.14. The summed E-state index contributed by atoms with van der Waals surface area (Å²) in [6, 6.07) is 9.40. The number of benzene rings is 1. The Balaban J connectivity index is 2.03. The van der Waals surface area contributed by atoms with E-state index in [0.717, 1.165) is 12.2 Å². The lowest BCUT2D eigenvalue weighted by Gasteiger charge is -2.05. The van der Waals surface area contributed by atoms with Gasteiger partial charge in [0.1, 0.15) is 0 Å². The molecule has 0 aliphatic carbocycles. The summed E-state index contributed by atoms with van der Waals surface area (Å²) in [6.07, 6.45) is 1.74. The summed E-state index contributed by atoms with van der Waals surface area (Å²) >= 11 is 0. The third kappa shape index (κ3) is 2.95. The average Bonchev–Trinajstić information content (AvgIpc) is 2.79. The molecule has 0 bridgehead atoms. The zero-order valence-electron chi connectivity index (χ0n) is 10.5. The van der Waals surface area contributed by atoms with E-state index < -0.39 is 0 Å². The second-order valence-electron chi connectivity index (χ2n) is 4.06. The van der Waals surface area contributed by atoms with Crippen LogP contribution in [0.25, 0.3) is 0 Å². The van der Waals surface area contributed by atoms with Crippen LogP contribution in [0.3, 0.4) is 0 Å². The summed E-state index contributed by atoms with van der Waals surface area (Å²) < 4.78 is 1.60. The van der Waals surface area contributed by atoms with E-state index in [1.165, 1.54) is 5.56 Å². The number of hydrogen-bond acceptors (Lipinski definition) is 3. The molecule has 0 aliphatic rings. The van der Waals surface area contributed by atoms with Gasteiger partial charge < -0.3 is 10.6 Å². The van der Waals surface area contributed by atoms with Crippen molar-refractivity contribution in [2.45, 2.75) is 6.54 Å². The molecule has 2 aromatic rings. The van der Waals surface area contributed by atoms with E-state index in [4.69, 9.17) is 0 Å². The first-order chi connectivity index (χ1) is 8.69. The molecule has 5 heteroatoms. The minimum Gasteiger partial charge on any atom is -0.321 e. The molecular weight excluding hydrogens is 228 g/mol. The lowest BCUT2D eigenvalue weighted by atomic mass is 10.2. The van der Waals surface area contributed by atoms with E-state index >= 15 is 0 Å². The summed E-state index contributed by atoms with van der Waals surface area (Å²) in [5, 5.41) is 9.93. The summed E-state index contributed by atoms with van der Waals surface area (Å²) in [6.45, 7) is 0.814.